The van der Waals surface area contributed by atoms with Crippen LogP contribution in [0.3, 0.4) is 0 Å². The van der Waals surface area contributed by atoms with Gasteiger partial charge in [-0.3, -0.25) is 9.79 Å². The number of amides is 1. The molecule has 11 heteroatoms. The average molecular weight is 449 g/mol. The van der Waals surface area contributed by atoms with Crippen molar-refractivity contribution < 1.29 is 23.0 Å². The summed E-state index contributed by atoms with van der Waals surface area (Å²) in [5, 5.41) is 2.95. The lowest BCUT2D eigenvalue weighted by molar-refractivity contribution is -0.0727. The number of carbonyl (C=O) groups is 1. The van der Waals surface area contributed by atoms with Crippen molar-refractivity contribution in [1.29, 1.82) is 0 Å². The summed E-state index contributed by atoms with van der Waals surface area (Å²) in [6.45, 7) is 3.02. The number of aromatic nitrogens is 2. The summed E-state index contributed by atoms with van der Waals surface area (Å²) in [6, 6.07) is 1.65. The number of halogens is 2. The number of aliphatic imine (C=N–C) groups is 1. The van der Waals surface area contributed by atoms with Gasteiger partial charge in [0.2, 0.25) is 5.88 Å². The quantitative estimate of drug-likeness (QED) is 0.697. The van der Waals surface area contributed by atoms with E-state index in [0.29, 0.717) is 18.2 Å². The van der Waals surface area contributed by atoms with Crippen molar-refractivity contribution in [2.45, 2.75) is 37.2 Å². The first-order valence-electron chi connectivity index (χ1n) is 9.75. The smallest absolute Gasteiger partial charge is 0.275 e. The molecule has 31 heavy (non-hydrogen) atoms. The number of amidine groups is 1. The van der Waals surface area contributed by atoms with Gasteiger partial charge in [-0.25, -0.2) is 18.7 Å². The van der Waals surface area contributed by atoms with Crippen molar-refractivity contribution in [2.24, 2.45) is 10.7 Å². The number of nitrogens with two attached hydrogens (primary N) is 1. The lowest BCUT2D eigenvalue weighted by Crippen LogP contribution is -2.32. The minimum Gasteiger partial charge on any atom is -0.474 e. The Kier molecular flexibility index (Phi) is 6.33. The van der Waals surface area contributed by atoms with Crippen LogP contribution in [0.2, 0.25) is 0 Å². The Hall–Kier alpha value is -2.79. The van der Waals surface area contributed by atoms with Gasteiger partial charge in [0.15, 0.2) is 16.8 Å². The fraction of sp³-hybridized carbons (Fsp3) is 0.400. The minimum absolute atomic E-state index is 0.00322. The first kappa shape index (κ1) is 21.4. The molecule has 3 unspecified atom stereocenters. The van der Waals surface area contributed by atoms with Crippen molar-refractivity contribution in [3.05, 3.63) is 47.4 Å². The van der Waals surface area contributed by atoms with Gasteiger partial charge >= 0.3 is 0 Å². The highest BCUT2D eigenvalue weighted by atomic mass is 32.2. The van der Waals surface area contributed by atoms with Crippen molar-refractivity contribution >= 4 is 28.5 Å². The summed E-state index contributed by atoms with van der Waals surface area (Å²) in [5.74, 6) is -2.44. The fourth-order valence-electron chi connectivity index (χ4n) is 3.22. The summed E-state index contributed by atoms with van der Waals surface area (Å²) in [4.78, 5) is 24.8. The second kappa shape index (κ2) is 9.15. The Morgan fingerprint density at radius 3 is 2.81 bits per heavy atom. The zero-order valence-corrected chi connectivity index (χ0v) is 17.5. The van der Waals surface area contributed by atoms with Crippen LogP contribution in [-0.2, 0) is 4.74 Å². The summed E-state index contributed by atoms with van der Waals surface area (Å²) in [6.07, 6.45) is 4.05. The van der Waals surface area contributed by atoms with E-state index in [-0.39, 0.29) is 34.2 Å². The second-order valence-electron chi connectivity index (χ2n) is 7.30. The van der Waals surface area contributed by atoms with Crippen molar-refractivity contribution in [1.82, 2.24) is 9.97 Å². The maximum atomic E-state index is 14.4. The predicted octanol–water partition coefficient (Wildman–Crippen LogP) is 3.06. The number of thioether (sulfide) groups is 1. The minimum atomic E-state index is -1.08. The van der Waals surface area contributed by atoms with Crippen LogP contribution in [0.5, 0.6) is 5.88 Å². The van der Waals surface area contributed by atoms with Crippen LogP contribution in [0.4, 0.5) is 14.5 Å². The van der Waals surface area contributed by atoms with Crippen LogP contribution in [-0.4, -0.2) is 45.6 Å². The maximum Gasteiger partial charge on any atom is 0.275 e. The second-order valence-corrected chi connectivity index (χ2v) is 8.75. The van der Waals surface area contributed by atoms with E-state index in [1.165, 1.54) is 30.2 Å². The van der Waals surface area contributed by atoms with Crippen LogP contribution in [0.1, 0.15) is 41.9 Å². The van der Waals surface area contributed by atoms with E-state index in [1.54, 1.807) is 0 Å². The van der Waals surface area contributed by atoms with Crippen molar-refractivity contribution in [2.75, 3.05) is 18.5 Å². The van der Waals surface area contributed by atoms with Crippen LogP contribution in [0.25, 0.3) is 0 Å². The third-order valence-electron chi connectivity index (χ3n) is 4.90. The van der Waals surface area contributed by atoms with Gasteiger partial charge in [-0.05, 0) is 12.5 Å². The highest BCUT2D eigenvalue weighted by Crippen LogP contribution is 2.36. The van der Waals surface area contributed by atoms with E-state index in [1.807, 2.05) is 6.92 Å². The lowest BCUT2D eigenvalue weighted by atomic mass is 10.0. The normalized spacial score (nSPS) is 22.9. The Balaban J connectivity index is 1.46. The summed E-state index contributed by atoms with van der Waals surface area (Å²) >= 11 is 1.38. The number of nitrogens with one attached hydrogen (secondary N) is 1. The molecule has 1 saturated heterocycles. The van der Waals surface area contributed by atoms with E-state index >= 15 is 0 Å². The molecule has 0 bridgehead atoms. The zero-order chi connectivity index (χ0) is 22.0. The first-order valence-corrected chi connectivity index (χ1v) is 10.6. The fourth-order valence-corrected chi connectivity index (χ4v) is 4.10. The molecule has 1 aromatic carbocycles. The van der Waals surface area contributed by atoms with E-state index in [9.17, 15) is 13.6 Å². The molecule has 164 valence electrons. The van der Waals surface area contributed by atoms with Crippen molar-refractivity contribution in [3.63, 3.8) is 0 Å². The molecule has 3 atom stereocenters. The number of benzene rings is 1. The highest BCUT2D eigenvalue weighted by molar-refractivity contribution is 8.14. The number of rotatable bonds is 6. The number of nitrogens with zero attached hydrogens (tertiary/aromatic N) is 3. The Morgan fingerprint density at radius 1 is 1.35 bits per heavy atom. The molecule has 2 aliphatic heterocycles. The molecule has 3 heterocycles. The summed E-state index contributed by atoms with van der Waals surface area (Å²) in [7, 11) is 0. The molecular weight excluding hydrogens is 428 g/mol. The zero-order valence-electron chi connectivity index (χ0n) is 16.7. The van der Waals surface area contributed by atoms with Crippen molar-refractivity contribution in [3.8, 4) is 5.88 Å². The molecule has 1 aromatic heterocycles. The standard InChI is InChI=1S/C20H21F2N5O3S/c1-10-4-15(27-20(23)31-10)13-5-11(6-14(21)18(13)22)26-19(28)16-7-25-17(8-24-16)30-9-12-2-3-29-12/h5-8,10,12,15H,2-4,9H2,1H3,(H2,23,27)(H,26,28). The number of hydrogen-bond acceptors (Lipinski definition) is 8. The molecule has 0 spiro atoms. The molecule has 0 saturated carbocycles. The van der Waals surface area contributed by atoms with E-state index in [0.717, 1.165) is 19.1 Å². The number of ether oxygens (including phenoxy) is 2. The SMILES string of the molecule is CC1CC(c2cc(NC(=O)c3cnc(OCC4CCO4)cn3)cc(F)c2F)N=C(N)S1. The van der Waals surface area contributed by atoms with Gasteiger partial charge < -0.3 is 20.5 Å². The third kappa shape index (κ3) is 5.10. The summed E-state index contributed by atoms with van der Waals surface area (Å²) in [5.41, 5.74) is 5.92. The molecular formula is C20H21F2N5O3S. The summed E-state index contributed by atoms with van der Waals surface area (Å²) < 4.78 is 39.3. The molecule has 3 N–H and O–H groups in total. The molecule has 0 radical (unpaired) electrons. The molecule has 4 rings (SSSR count). The maximum absolute atomic E-state index is 14.4. The van der Waals surface area contributed by atoms with Gasteiger partial charge in [0.1, 0.15) is 12.3 Å². The highest BCUT2D eigenvalue weighted by Gasteiger charge is 2.26. The molecule has 2 aliphatic rings. The van der Waals surface area contributed by atoms with Gasteiger partial charge in [0.25, 0.3) is 5.91 Å². The molecule has 0 aliphatic carbocycles. The number of anilines is 1. The predicted molar refractivity (Wildman–Crippen MR) is 112 cm³/mol. The topological polar surface area (TPSA) is 112 Å². The van der Waals surface area contributed by atoms with Gasteiger partial charge in [0, 0.05) is 35.6 Å². The molecule has 1 amide bonds. The van der Waals surface area contributed by atoms with Gasteiger partial charge in [-0.2, -0.15) is 0 Å². The van der Waals surface area contributed by atoms with E-state index in [4.69, 9.17) is 15.2 Å². The van der Waals surface area contributed by atoms with Crippen LogP contribution >= 0.6 is 11.8 Å². The largest absolute Gasteiger partial charge is 0.474 e. The monoisotopic (exact) mass is 449 g/mol. The first-order chi connectivity index (χ1) is 14.9. The Labute approximate surface area is 181 Å². The Morgan fingerprint density at radius 2 is 2.16 bits per heavy atom. The molecule has 8 nitrogen and oxygen atoms in total. The number of carbonyl (C=O) groups excluding carboxylic acids is 1. The number of hydrogen-bond donors (Lipinski definition) is 2. The third-order valence-corrected chi connectivity index (χ3v) is 5.85. The average Bonchev–Trinajstić information content (AvgIpc) is 2.69. The van der Waals surface area contributed by atoms with E-state index < -0.39 is 23.6 Å². The Bertz CT molecular complexity index is 1000. The molecule has 1 fully saturated rings. The van der Waals surface area contributed by atoms with Gasteiger partial charge in [0.05, 0.1) is 24.5 Å². The molecule has 2 aromatic rings. The van der Waals surface area contributed by atoms with Gasteiger partial charge in [-0.15, -0.1) is 0 Å². The van der Waals surface area contributed by atoms with Crippen LogP contribution < -0.4 is 15.8 Å². The van der Waals surface area contributed by atoms with Crippen LogP contribution in [0.15, 0.2) is 29.5 Å². The lowest BCUT2D eigenvalue weighted by Gasteiger charge is -2.25. The van der Waals surface area contributed by atoms with E-state index in [2.05, 4.69) is 20.3 Å². The van der Waals surface area contributed by atoms with Crippen LogP contribution in [0, 0.1) is 11.6 Å². The van der Waals surface area contributed by atoms with Gasteiger partial charge in [-0.1, -0.05) is 18.7 Å².